The lowest BCUT2D eigenvalue weighted by molar-refractivity contribution is 0.195. The van der Waals surface area contributed by atoms with Crippen molar-refractivity contribution in [2.75, 3.05) is 26.8 Å². The highest BCUT2D eigenvalue weighted by molar-refractivity contribution is 9.10. The molecule has 0 aliphatic rings. The van der Waals surface area contributed by atoms with Crippen LogP contribution in [0.4, 0.5) is 0 Å². The van der Waals surface area contributed by atoms with Crippen LogP contribution in [0.15, 0.2) is 16.9 Å². The fourth-order valence-electron chi connectivity index (χ4n) is 1.23. The van der Waals surface area contributed by atoms with Gasteiger partial charge in [0, 0.05) is 33.0 Å². The van der Waals surface area contributed by atoms with Gasteiger partial charge in [0.15, 0.2) is 5.11 Å². The lowest BCUT2D eigenvalue weighted by atomic mass is 10.4. The summed E-state index contributed by atoms with van der Waals surface area (Å²) in [6.45, 7) is 3.11. The number of nitrogens with zero attached hydrogens (tertiary/aromatic N) is 2. The van der Waals surface area contributed by atoms with Crippen molar-refractivity contribution in [3.05, 3.63) is 16.9 Å². The van der Waals surface area contributed by atoms with Crippen LogP contribution in [0.25, 0.3) is 0 Å². The summed E-state index contributed by atoms with van der Waals surface area (Å²) >= 11 is 8.47. The molecule has 0 amide bonds. The normalized spacial score (nSPS) is 10.2. The summed E-state index contributed by atoms with van der Waals surface area (Å²) < 4.78 is 7.78. The topological polar surface area (TPSA) is 51.1 Å². The monoisotopic (exact) mass is 320 g/mol. The summed E-state index contributed by atoms with van der Waals surface area (Å²) in [5, 5.41) is 11.1. The highest BCUT2D eigenvalue weighted by atomic mass is 79.9. The number of hydrogen-bond donors (Lipinski definition) is 2. The van der Waals surface area contributed by atoms with Gasteiger partial charge in [-0.2, -0.15) is 5.10 Å². The van der Waals surface area contributed by atoms with Crippen LogP contribution in [-0.2, 0) is 11.3 Å². The van der Waals surface area contributed by atoms with Crippen molar-refractivity contribution in [2.45, 2.75) is 13.0 Å². The molecule has 0 unspecified atom stereocenters. The first-order chi connectivity index (χ1) is 8.22. The molecule has 0 aliphatic carbocycles. The second-order valence-electron chi connectivity index (χ2n) is 3.45. The maximum absolute atomic E-state index is 5.12. The standard InChI is InChI=1S/C10H17BrN4OS/c1-16-6-2-3-12-10(17)13-4-5-15-8-9(11)7-14-15/h7-8H,2-6H2,1H3,(H2,12,13,17). The van der Waals surface area contributed by atoms with Crippen molar-refractivity contribution in [1.82, 2.24) is 20.4 Å². The van der Waals surface area contributed by atoms with Gasteiger partial charge in [0.05, 0.1) is 17.2 Å². The summed E-state index contributed by atoms with van der Waals surface area (Å²) in [6.07, 6.45) is 4.64. The molecule has 0 fully saturated rings. The highest BCUT2D eigenvalue weighted by Gasteiger charge is 1.97. The van der Waals surface area contributed by atoms with E-state index in [1.54, 1.807) is 13.3 Å². The van der Waals surface area contributed by atoms with E-state index in [2.05, 4.69) is 31.7 Å². The van der Waals surface area contributed by atoms with E-state index >= 15 is 0 Å². The van der Waals surface area contributed by atoms with E-state index in [4.69, 9.17) is 17.0 Å². The number of rotatable bonds is 7. The number of halogens is 1. The summed E-state index contributed by atoms with van der Waals surface area (Å²) in [5.74, 6) is 0. The fourth-order valence-corrected chi connectivity index (χ4v) is 1.76. The molecular formula is C10H17BrN4OS. The third-order valence-electron chi connectivity index (χ3n) is 2.04. The molecule has 0 saturated carbocycles. The molecule has 1 rings (SSSR count). The van der Waals surface area contributed by atoms with Crippen LogP contribution in [0.1, 0.15) is 6.42 Å². The molecule has 2 N–H and O–H groups in total. The SMILES string of the molecule is COCCCNC(=S)NCCn1cc(Br)cn1. The van der Waals surface area contributed by atoms with E-state index in [0.717, 1.165) is 37.1 Å². The molecule has 0 bridgehead atoms. The molecular weight excluding hydrogens is 304 g/mol. The lowest BCUT2D eigenvalue weighted by Gasteiger charge is -2.10. The molecule has 1 aromatic rings. The molecule has 0 aliphatic heterocycles. The van der Waals surface area contributed by atoms with Gasteiger partial charge < -0.3 is 15.4 Å². The van der Waals surface area contributed by atoms with E-state index in [1.165, 1.54) is 0 Å². The summed E-state index contributed by atoms with van der Waals surface area (Å²) in [5.41, 5.74) is 0. The van der Waals surface area contributed by atoms with E-state index < -0.39 is 0 Å². The van der Waals surface area contributed by atoms with E-state index in [0.29, 0.717) is 5.11 Å². The Bertz CT molecular complexity index is 345. The van der Waals surface area contributed by atoms with Gasteiger partial charge in [-0.05, 0) is 34.6 Å². The Morgan fingerprint density at radius 2 is 2.29 bits per heavy atom. The zero-order valence-corrected chi connectivity index (χ0v) is 12.2. The fraction of sp³-hybridized carbons (Fsp3) is 0.600. The first-order valence-corrected chi connectivity index (χ1v) is 6.61. The van der Waals surface area contributed by atoms with Crippen molar-refractivity contribution in [3.8, 4) is 0 Å². The first-order valence-electron chi connectivity index (χ1n) is 5.41. The minimum absolute atomic E-state index is 0.673. The smallest absolute Gasteiger partial charge is 0.166 e. The van der Waals surface area contributed by atoms with Gasteiger partial charge >= 0.3 is 0 Å². The molecule has 0 spiro atoms. The molecule has 1 heterocycles. The van der Waals surface area contributed by atoms with Crippen LogP contribution in [0.3, 0.4) is 0 Å². The second-order valence-corrected chi connectivity index (χ2v) is 4.77. The van der Waals surface area contributed by atoms with Crippen LogP contribution in [-0.4, -0.2) is 41.7 Å². The predicted molar refractivity (Wildman–Crippen MR) is 75.0 cm³/mol. The van der Waals surface area contributed by atoms with Gasteiger partial charge in [0.2, 0.25) is 0 Å². The predicted octanol–water partition coefficient (Wildman–Crippen LogP) is 1.15. The van der Waals surface area contributed by atoms with Gasteiger partial charge in [-0.1, -0.05) is 0 Å². The Kier molecular flexibility index (Phi) is 7.14. The number of thiocarbonyl (C=S) groups is 1. The van der Waals surface area contributed by atoms with Crippen molar-refractivity contribution in [2.24, 2.45) is 0 Å². The average molecular weight is 321 g/mol. The summed E-state index contributed by atoms with van der Waals surface area (Å²) in [7, 11) is 1.69. The Balaban J connectivity index is 2.04. The van der Waals surface area contributed by atoms with Crippen molar-refractivity contribution in [1.29, 1.82) is 0 Å². The molecule has 0 aromatic carbocycles. The molecule has 17 heavy (non-hydrogen) atoms. The molecule has 0 radical (unpaired) electrons. The van der Waals surface area contributed by atoms with Crippen molar-refractivity contribution >= 4 is 33.3 Å². The third-order valence-corrected chi connectivity index (χ3v) is 2.74. The Labute approximate surface area is 115 Å². The largest absolute Gasteiger partial charge is 0.385 e. The zero-order chi connectivity index (χ0) is 12.5. The van der Waals surface area contributed by atoms with Gasteiger partial charge in [0.25, 0.3) is 0 Å². The van der Waals surface area contributed by atoms with Crippen molar-refractivity contribution < 1.29 is 4.74 Å². The number of hydrogen-bond acceptors (Lipinski definition) is 3. The third kappa shape index (κ3) is 6.60. The van der Waals surface area contributed by atoms with Gasteiger partial charge in [-0.15, -0.1) is 0 Å². The molecule has 5 nitrogen and oxygen atoms in total. The van der Waals surface area contributed by atoms with E-state index in [-0.39, 0.29) is 0 Å². The lowest BCUT2D eigenvalue weighted by Crippen LogP contribution is -2.37. The molecule has 1 aromatic heterocycles. The van der Waals surface area contributed by atoms with Crippen LogP contribution < -0.4 is 10.6 Å². The van der Waals surface area contributed by atoms with Gasteiger partial charge in [-0.25, -0.2) is 0 Å². The number of nitrogens with one attached hydrogen (secondary N) is 2. The summed E-state index contributed by atoms with van der Waals surface area (Å²) in [4.78, 5) is 0. The summed E-state index contributed by atoms with van der Waals surface area (Å²) in [6, 6.07) is 0. The Hall–Kier alpha value is -0.660. The Morgan fingerprint density at radius 3 is 2.94 bits per heavy atom. The second kappa shape index (κ2) is 8.43. The Morgan fingerprint density at radius 1 is 1.53 bits per heavy atom. The van der Waals surface area contributed by atoms with E-state index in [1.807, 2.05) is 10.9 Å². The van der Waals surface area contributed by atoms with Gasteiger partial charge in [-0.3, -0.25) is 4.68 Å². The molecule has 0 saturated heterocycles. The maximum atomic E-state index is 5.12. The molecule has 0 atom stereocenters. The average Bonchev–Trinajstić information content (AvgIpc) is 2.71. The van der Waals surface area contributed by atoms with Crippen LogP contribution >= 0.6 is 28.1 Å². The number of ether oxygens (including phenoxy) is 1. The van der Waals surface area contributed by atoms with Crippen molar-refractivity contribution in [3.63, 3.8) is 0 Å². The van der Waals surface area contributed by atoms with E-state index in [9.17, 15) is 0 Å². The first kappa shape index (κ1) is 14.4. The minimum atomic E-state index is 0.673. The van der Waals surface area contributed by atoms with Crippen LogP contribution in [0, 0.1) is 0 Å². The highest BCUT2D eigenvalue weighted by Crippen LogP contribution is 2.05. The zero-order valence-electron chi connectivity index (χ0n) is 9.78. The molecule has 96 valence electrons. The maximum Gasteiger partial charge on any atom is 0.166 e. The van der Waals surface area contributed by atoms with Crippen LogP contribution in [0.5, 0.6) is 0 Å². The molecule has 7 heteroatoms. The van der Waals surface area contributed by atoms with Crippen LogP contribution in [0.2, 0.25) is 0 Å². The van der Waals surface area contributed by atoms with Gasteiger partial charge in [0.1, 0.15) is 0 Å². The minimum Gasteiger partial charge on any atom is -0.385 e. The number of aromatic nitrogens is 2. The quantitative estimate of drug-likeness (QED) is 0.583. The number of methoxy groups -OCH3 is 1.